The van der Waals surface area contributed by atoms with Crippen molar-refractivity contribution in [1.82, 2.24) is 19.9 Å². The molecule has 1 fully saturated rings. The molecule has 0 unspecified atom stereocenters. The minimum Gasteiger partial charge on any atom is -0.495 e. The van der Waals surface area contributed by atoms with Crippen molar-refractivity contribution in [3.63, 3.8) is 0 Å². The average molecular weight is 477 g/mol. The zero-order valence-corrected chi connectivity index (χ0v) is 20.2. The highest BCUT2D eigenvalue weighted by Crippen LogP contribution is 2.30. The number of methoxy groups -OCH3 is 1. The highest BCUT2D eigenvalue weighted by molar-refractivity contribution is 7.99. The van der Waals surface area contributed by atoms with E-state index in [1.807, 2.05) is 49.4 Å². The second-order valence-electron chi connectivity index (χ2n) is 8.80. The van der Waals surface area contributed by atoms with E-state index in [9.17, 15) is 9.59 Å². The van der Waals surface area contributed by atoms with Crippen molar-refractivity contribution in [2.24, 2.45) is 0 Å². The maximum atomic E-state index is 13.8. The predicted octanol–water partition coefficient (Wildman–Crippen LogP) is 4.73. The molecule has 1 aliphatic carbocycles. The van der Waals surface area contributed by atoms with Crippen LogP contribution in [0.2, 0.25) is 0 Å². The molecule has 176 valence electrons. The van der Waals surface area contributed by atoms with Crippen LogP contribution in [-0.2, 0) is 4.79 Å². The van der Waals surface area contributed by atoms with Gasteiger partial charge in [0.15, 0.2) is 5.16 Å². The van der Waals surface area contributed by atoms with E-state index in [1.165, 1.54) is 18.2 Å². The van der Waals surface area contributed by atoms with Crippen LogP contribution in [0.25, 0.3) is 27.6 Å². The van der Waals surface area contributed by atoms with Crippen LogP contribution in [0.3, 0.4) is 0 Å². The highest BCUT2D eigenvalue weighted by atomic mass is 32.2. The molecule has 1 amide bonds. The molecule has 8 heteroatoms. The molecule has 7 nitrogen and oxygen atoms in total. The molecule has 2 aromatic heterocycles. The van der Waals surface area contributed by atoms with Gasteiger partial charge in [0.05, 0.1) is 18.6 Å². The first-order valence-corrected chi connectivity index (χ1v) is 12.6. The fraction of sp³-hybridized carbons (Fsp3) is 0.346. The normalized spacial score (nSPS) is 14.5. The number of aromatic amines is 1. The van der Waals surface area contributed by atoms with Crippen molar-refractivity contribution < 1.29 is 9.53 Å². The molecule has 0 saturated heterocycles. The van der Waals surface area contributed by atoms with Crippen LogP contribution >= 0.6 is 11.8 Å². The summed E-state index contributed by atoms with van der Waals surface area (Å²) in [6.07, 6.45) is 5.61. The topological polar surface area (TPSA) is 89.0 Å². The summed E-state index contributed by atoms with van der Waals surface area (Å²) in [6, 6.07) is 13.7. The molecule has 4 aromatic rings. The number of nitrogens with one attached hydrogen (secondary N) is 2. The number of carbonyl (C=O) groups excluding carboxylic acids is 1. The van der Waals surface area contributed by atoms with Gasteiger partial charge in [-0.1, -0.05) is 55.3 Å². The second kappa shape index (κ2) is 9.54. The molecule has 0 spiro atoms. The first kappa shape index (κ1) is 22.5. The van der Waals surface area contributed by atoms with Crippen LogP contribution in [-0.4, -0.2) is 39.3 Å². The molecule has 0 atom stereocenters. The maximum Gasteiger partial charge on any atom is 0.283 e. The number of fused-ring (bicyclic) bond motifs is 3. The largest absolute Gasteiger partial charge is 0.495 e. The monoisotopic (exact) mass is 476 g/mol. The molecular weight excluding hydrogens is 448 g/mol. The number of aryl methyl sites for hydroxylation is 1. The molecule has 5 rings (SSSR count). The number of para-hydroxylation sites is 1. The lowest BCUT2D eigenvalue weighted by Crippen LogP contribution is -2.37. The van der Waals surface area contributed by atoms with Crippen LogP contribution in [0.4, 0.5) is 0 Å². The molecule has 34 heavy (non-hydrogen) atoms. The number of carbonyl (C=O) groups is 1. The van der Waals surface area contributed by atoms with Gasteiger partial charge in [0, 0.05) is 16.9 Å². The highest BCUT2D eigenvalue weighted by Gasteiger charge is 2.21. The number of hydrogen-bond donors (Lipinski definition) is 2. The van der Waals surface area contributed by atoms with E-state index in [-0.39, 0.29) is 23.3 Å². The molecule has 2 heterocycles. The zero-order chi connectivity index (χ0) is 23.7. The van der Waals surface area contributed by atoms with Crippen LogP contribution in [0, 0.1) is 6.92 Å². The summed E-state index contributed by atoms with van der Waals surface area (Å²) < 4.78 is 7.13. The Morgan fingerprint density at radius 3 is 2.79 bits per heavy atom. The Morgan fingerprint density at radius 1 is 1.21 bits per heavy atom. The maximum absolute atomic E-state index is 13.8. The van der Waals surface area contributed by atoms with Crippen molar-refractivity contribution in [2.45, 2.75) is 50.2 Å². The van der Waals surface area contributed by atoms with Gasteiger partial charge in [-0.3, -0.25) is 9.59 Å². The Kier molecular flexibility index (Phi) is 6.32. The number of H-pyrrole nitrogens is 1. The van der Waals surface area contributed by atoms with Gasteiger partial charge in [0.25, 0.3) is 5.56 Å². The first-order valence-electron chi connectivity index (χ1n) is 11.7. The molecule has 0 bridgehead atoms. The quantitative estimate of drug-likeness (QED) is 0.310. The molecule has 2 N–H and O–H groups in total. The second-order valence-corrected chi connectivity index (χ2v) is 9.74. The number of hydrogen-bond acceptors (Lipinski definition) is 5. The summed E-state index contributed by atoms with van der Waals surface area (Å²) in [5.74, 6) is 0.719. The van der Waals surface area contributed by atoms with Crippen LogP contribution < -0.4 is 15.6 Å². The van der Waals surface area contributed by atoms with Crippen molar-refractivity contribution in [1.29, 1.82) is 0 Å². The summed E-state index contributed by atoms with van der Waals surface area (Å²) in [7, 11) is 1.58. The van der Waals surface area contributed by atoms with E-state index >= 15 is 0 Å². The van der Waals surface area contributed by atoms with Crippen molar-refractivity contribution in [2.75, 3.05) is 12.9 Å². The third-order valence-electron chi connectivity index (χ3n) is 6.37. The molecule has 0 radical (unpaired) electrons. The van der Waals surface area contributed by atoms with Crippen LogP contribution in [0.5, 0.6) is 5.75 Å². The van der Waals surface area contributed by atoms with Gasteiger partial charge in [-0.05, 0) is 43.5 Å². The summed E-state index contributed by atoms with van der Waals surface area (Å²) in [4.78, 5) is 34.6. The van der Waals surface area contributed by atoms with Crippen LogP contribution in [0.1, 0.15) is 37.7 Å². The lowest BCUT2D eigenvalue weighted by molar-refractivity contribution is -0.119. The standard InChI is InChI=1S/C26H28N4O3S/c1-16-12-13-21(33-2)20(14-16)30-25(32)24-23(18-10-6-7-11-19(18)28-24)29-26(30)34-15-22(31)27-17-8-4-3-5-9-17/h6-7,10-14,17,28H,3-5,8-9,15H2,1-2H3,(H,27,31). The van der Waals surface area contributed by atoms with E-state index in [4.69, 9.17) is 9.72 Å². The Labute approximate surface area is 201 Å². The van der Waals surface area contributed by atoms with Gasteiger partial charge in [-0.2, -0.15) is 0 Å². The van der Waals surface area contributed by atoms with E-state index in [0.717, 1.165) is 42.1 Å². The number of aromatic nitrogens is 3. The Balaban J connectivity index is 1.59. The summed E-state index contributed by atoms with van der Waals surface area (Å²) in [6.45, 7) is 1.97. The van der Waals surface area contributed by atoms with E-state index in [2.05, 4.69) is 10.3 Å². The number of rotatable bonds is 6. The minimum absolute atomic E-state index is 0.0343. The lowest BCUT2D eigenvalue weighted by atomic mass is 9.95. The van der Waals surface area contributed by atoms with Crippen molar-refractivity contribution in [3.8, 4) is 11.4 Å². The number of thioether (sulfide) groups is 1. The van der Waals surface area contributed by atoms with Gasteiger partial charge >= 0.3 is 0 Å². The third kappa shape index (κ3) is 4.30. The molecule has 1 saturated carbocycles. The number of ether oxygens (including phenoxy) is 1. The summed E-state index contributed by atoms with van der Waals surface area (Å²) in [5.41, 5.74) is 3.27. The Morgan fingerprint density at radius 2 is 2.00 bits per heavy atom. The first-order chi connectivity index (χ1) is 16.5. The van der Waals surface area contributed by atoms with Gasteiger partial charge in [-0.15, -0.1) is 0 Å². The minimum atomic E-state index is -0.222. The Bertz CT molecular complexity index is 1420. The van der Waals surface area contributed by atoms with Gasteiger partial charge in [0.2, 0.25) is 5.91 Å². The fourth-order valence-corrected chi connectivity index (χ4v) is 5.48. The SMILES string of the molecule is COc1ccc(C)cc1-n1c(SCC(=O)NC2CCCCC2)nc2c([nH]c3ccccc32)c1=O. The summed E-state index contributed by atoms with van der Waals surface area (Å²) in [5, 5.41) is 4.49. The molecule has 1 aliphatic rings. The molecule has 2 aromatic carbocycles. The lowest BCUT2D eigenvalue weighted by Gasteiger charge is -2.22. The van der Waals surface area contributed by atoms with E-state index < -0.39 is 0 Å². The fourth-order valence-electron chi connectivity index (χ4n) is 4.67. The predicted molar refractivity (Wildman–Crippen MR) is 136 cm³/mol. The average Bonchev–Trinajstić information content (AvgIpc) is 3.22. The van der Waals surface area contributed by atoms with E-state index in [0.29, 0.717) is 27.6 Å². The van der Waals surface area contributed by atoms with Gasteiger partial charge in [0.1, 0.15) is 16.8 Å². The Hall–Kier alpha value is -3.26. The number of benzene rings is 2. The van der Waals surface area contributed by atoms with E-state index in [1.54, 1.807) is 11.7 Å². The van der Waals surface area contributed by atoms with Crippen molar-refractivity contribution >= 4 is 39.6 Å². The van der Waals surface area contributed by atoms with Gasteiger partial charge in [-0.25, -0.2) is 9.55 Å². The third-order valence-corrected chi connectivity index (χ3v) is 7.31. The zero-order valence-electron chi connectivity index (χ0n) is 19.4. The smallest absolute Gasteiger partial charge is 0.283 e. The molecular formula is C26H28N4O3S. The number of amides is 1. The summed E-state index contributed by atoms with van der Waals surface area (Å²) >= 11 is 1.27. The molecule has 0 aliphatic heterocycles. The van der Waals surface area contributed by atoms with Gasteiger partial charge < -0.3 is 15.0 Å². The van der Waals surface area contributed by atoms with Crippen LogP contribution in [0.15, 0.2) is 52.4 Å². The number of nitrogens with zero attached hydrogens (tertiary/aromatic N) is 2. The van der Waals surface area contributed by atoms with Crippen molar-refractivity contribution in [3.05, 3.63) is 58.4 Å².